The average Bonchev–Trinajstić information content (AvgIpc) is 2.97. The molecule has 2 heterocycles. The highest BCUT2D eigenvalue weighted by molar-refractivity contribution is 9.11. The normalized spacial score (nSPS) is 19.4. The van der Waals surface area contributed by atoms with Crippen molar-refractivity contribution in [3.05, 3.63) is 20.8 Å². The summed E-state index contributed by atoms with van der Waals surface area (Å²) in [5, 5.41) is 1.99. The molecule has 1 saturated heterocycles. The van der Waals surface area contributed by atoms with Gasteiger partial charge in [0.25, 0.3) is 0 Å². The number of ether oxygens (including phenoxy) is 1. The average molecular weight is 350 g/mol. The van der Waals surface area contributed by atoms with Gasteiger partial charge in [-0.15, -0.1) is 11.3 Å². The first-order valence-electron chi connectivity index (χ1n) is 5.81. The lowest BCUT2D eigenvalue weighted by Gasteiger charge is -2.22. The Balaban J connectivity index is 1.71. The van der Waals surface area contributed by atoms with Gasteiger partial charge in [-0.3, -0.25) is 9.69 Å². The molecule has 0 spiro atoms. The van der Waals surface area contributed by atoms with Gasteiger partial charge in [-0.05, 0) is 46.6 Å². The molecule has 1 aliphatic heterocycles. The Bertz CT molecular complexity index is 405. The first-order chi connectivity index (χ1) is 8.65. The molecule has 0 amide bonds. The third-order valence-electron chi connectivity index (χ3n) is 2.93. The SMILES string of the molecule is CN(CC(=O)OCc1csc(Br)c1)C1CCSC1. The Morgan fingerprint density at radius 2 is 2.50 bits per heavy atom. The van der Waals surface area contributed by atoms with Crippen LogP contribution in [0.2, 0.25) is 0 Å². The summed E-state index contributed by atoms with van der Waals surface area (Å²) in [4.78, 5) is 13.8. The number of hydrogen-bond acceptors (Lipinski definition) is 5. The zero-order chi connectivity index (χ0) is 13.0. The lowest BCUT2D eigenvalue weighted by Crippen LogP contribution is -2.36. The summed E-state index contributed by atoms with van der Waals surface area (Å²) >= 11 is 6.95. The lowest BCUT2D eigenvalue weighted by atomic mass is 10.2. The predicted octanol–water partition coefficient (Wildman–Crippen LogP) is 2.99. The van der Waals surface area contributed by atoms with Crippen LogP contribution in [-0.2, 0) is 16.1 Å². The molecule has 1 atom stereocenters. The molecule has 0 radical (unpaired) electrons. The van der Waals surface area contributed by atoms with E-state index in [4.69, 9.17) is 4.74 Å². The number of carbonyl (C=O) groups is 1. The van der Waals surface area contributed by atoms with Crippen LogP contribution in [0.1, 0.15) is 12.0 Å². The summed E-state index contributed by atoms with van der Waals surface area (Å²) < 4.78 is 6.33. The molecule has 0 N–H and O–H groups in total. The molecule has 0 saturated carbocycles. The van der Waals surface area contributed by atoms with Crippen molar-refractivity contribution < 1.29 is 9.53 Å². The van der Waals surface area contributed by atoms with Crippen LogP contribution in [0.3, 0.4) is 0 Å². The predicted molar refractivity (Wildman–Crippen MR) is 80.2 cm³/mol. The molecule has 1 aliphatic rings. The van der Waals surface area contributed by atoms with E-state index in [9.17, 15) is 4.79 Å². The number of thioether (sulfide) groups is 1. The second-order valence-electron chi connectivity index (χ2n) is 4.35. The van der Waals surface area contributed by atoms with Gasteiger partial charge in [0.2, 0.25) is 0 Å². The largest absolute Gasteiger partial charge is 0.460 e. The van der Waals surface area contributed by atoms with Gasteiger partial charge < -0.3 is 4.74 Å². The van der Waals surface area contributed by atoms with Gasteiger partial charge in [0.15, 0.2) is 0 Å². The van der Waals surface area contributed by atoms with Gasteiger partial charge in [-0.1, -0.05) is 0 Å². The van der Waals surface area contributed by atoms with Gasteiger partial charge in [-0.2, -0.15) is 11.8 Å². The van der Waals surface area contributed by atoms with Crippen molar-refractivity contribution in [2.45, 2.75) is 19.1 Å². The zero-order valence-electron chi connectivity index (χ0n) is 10.2. The van der Waals surface area contributed by atoms with E-state index in [-0.39, 0.29) is 5.97 Å². The van der Waals surface area contributed by atoms with Gasteiger partial charge in [0, 0.05) is 17.4 Å². The number of esters is 1. The van der Waals surface area contributed by atoms with E-state index in [0.717, 1.165) is 15.1 Å². The summed E-state index contributed by atoms with van der Waals surface area (Å²) in [7, 11) is 2.00. The summed E-state index contributed by atoms with van der Waals surface area (Å²) in [6, 6.07) is 2.51. The van der Waals surface area contributed by atoms with Crippen molar-refractivity contribution in [3.63, 3.8) is 0 Å². The molecule has 2 rings (SSSR count). The topological polar surface area (TPSA) is 29.5 Å². The number of thiophene rings is 1. The Morgan fingerprint density at radius 1 is 1.67 bits per heavy atom. The summed E-state index contributed by atoms with van der Waals surface area (Å²) in [5.74, 6) is 2.19. The molecule has 1 aromatic rings. The molecule has 0 bridgehead atoms. The fraction of sp³-hybridized carbons (Fsp3) is 0.583. The minimum atomic E-state index is -0.142. The molecule has 18 heavy (non-hydrogen) atoms. The number of likely N-dealkylation sites (N-methyl/N-ethyl adjacent to an activating group) is 1. The number of halogens is 1. The van der Waals surface area contributed by atoms with E-state index in [1.807, 2.05) is 30.3 Å². The van der Waals surface area contributed by atoms with Crippen molar-refractivity contribution in [3.8, 4) is 0 Å². The number of rotatable bonds is 5. The van der Waals surface area contributed by atoms with E-state index < -0.39 is 0 Å². The molecule has 100 valence electrons. The monoisotopic (exact) mass is 349 g/mol. The molecule has 1 unspecified atom stereocenters. The minimum absolute atomic E-state index is 0.142. The van der Waals surface area contributed by atoms with E-state index in [2.05, 4.69) is 20.8 Å². The van der Waals surface area contributed by atoms with E-state index in [0.29, 0.717) is 19.2 Å². The Morgan fingerprint density at radius 3 is 3.11 bits per heavy atom. The third kappa shape index (κ3) is 4.26. The Kier molecular flexibility index (Phi) is 5.54. The maximum Gasteiger partial charge on any atom is 0.320 e. The fourth-order valence-electron chi connectivity index (χ4n) is 1.83. The first-order valence-corrected chi connectivity index (χ1v) is 8.64. The highest BCUT2D eigenvalue weighted by Crippen LogP contribution is 2.22. The fourth-order valence-corrected chi connectivity index (χ4v) is 4.33. The van der Waals surface area contributed by atoms with Crippen LogP contribution in [0.15, 0.2) is 15.2 Å². The molecular weight excluding hydrogens is 334 g/mol. The third-order valence-corrected chi connectivity index (χ3v) is 5.63. The zero-order valence-corrected chi connectivity index (χ0v) is 13.4. The standard InChI is InChI=1S/C12H16BrNO2S2/c1-14(10-2-3-17-8-10)5-12(15)16-6-9-4-11(13)18-7-9/h4,7,10H,2-3,5-6,8H2,1H3. The van der Waals surface area contributed by atoms with Gasteiger partial charge in [0.05, 0.1) is 10.3 Å². The maximum absolute atomic E-state index is 11.7. The second-order valence-corrected chi connectivity index (χ2v) is 7.79. The summed E-state index contributed by atoms with van der Waals surface area (Å²) in [5.41, 5.74) is 1.04. The molecule has 0 aromatic carbocycles. The van der Waals surface area contributed by atoms with Crippen LogP contribution in [0.4, 0.5) is 0 Å². The Labute approximate surface area is 124 Å². The van der Waals surface area contributed by atoms with Crippen LogP contribution in [-0.4, -0.2) is 42.0 Å². The molecular formula is C12H16BrNO2S2. The van der Waals surface area contributed by atoms with Gasteiger partial charge in [0.1, 0.15) is 6.61 Å². The number of hydrogen-bond donors (Lipinski definition) is 0. The molecule has 0 aliphatic carbocycles. The van der Waals surface area contributed by atoms with Gasteiger partial charge >= 0.3 is 5.97 Å². The molecule has 6 heteroatoms. The second kappa shape index (κ2) is 6.93. The van der Waals surface area contributed by atoms with Crippen molar-refractivity contribution in [1.29, 1.82) is 0 Å². The summed E-state index contributed by atoms with van der Waals surface area (Å²) in [6.07, 6.45) is 1.17. The Hall–Kier alpha value is -0.0400. The van der Waals surface area contributed by atoms with E-state index in [1.54, 1.807) is 11.3 Å². The number of nitrogens with zero attached hydrogens (tertiary/aromatic N) is 1. The molecule has 1 aromatic heterocycles. The van der Waals surface area contributed by atoms with Crippen molar-refractivity contribution in [1.82, 2.24) is 4.90 Å². The smallest absolute Gasteiger partial charge is 0.320 e. The highest BCUT2D eigenvalue weighted by Gasteiger charge is 2.22. The number of carbonyl (C=O) groups excluding carboxylic acids is 1. The van der Waals surface area contributed by atoms with E-state index >= 15 is 0 Å². The van der Waals surface area contributed by atoms with Crippen LogP contribution in [0.25, 0.3) is 0 Å². The van der Waals surface area contributed by atoms with Crippen LogP contribution in [0.5, 0.6) is 0 Å². The van der Waals surface area contributed by atoms with Crippen LogP contribution < -0.4 is 0 Å². The van der Waals surface area contributed by atoms with Crippen molar-refractivity contribution in [2.75, 3.05) is 25.1 Å². The van der Waals surface area contributed by atoms with Crippen molar-refractivity contribution >= 4 is 45.0 Å². The molecule has 3 nitrogen and oxygen atoms in total. The minimum Gasteiger partial charge on any atom is -0.460 e. The lowest BCUT2D eigenvalue weighted by molar-refractivity contribution is -0.146. The first kappa shape index (κ1) is 14.4. The molecule has 1 fully saturated rings. The van der Waals surface area contributed by atoms with Crippen LogP contribution in [0, 0.1) is 0 Å². The van der Waals surface area contributed by atoms with E-state index in [1.165, 1.54) is 12.2 Å². The maximum atomic E-state index is 11.7. The quantitative estimate of drug-likeness (QED) is 0.764. The summed E-state index contributed by atoms with van der Waals surface area (Å²) in [6.45, 7) is 0.755. The van der Waals surface area contributed by atoms with Gasteiger partial charge in [-0.25, -0.2) is 0 Å². The van der Waals surface area contributed by atoms with Crippen LogP contribution >= 0.6 is 39.0 Å². The van der Waals surface area contributed by atoms with Crippen molar-refractivity contribution in [2.24, 2.45) is 0 Å². The highest BCUT2D eigenvalue weighted by atomic mass is 79.9.